The van der Waals surface area contributed by atoms with Crippen molar-refractivity contribution in [3.8, 4) is 0 Å². The lowest BCUT2D eigenvalue weighted by Gasteiger charge is -2.27. The first kappa shape index (κ1) is 12.1. The second-order valence-corrected chi connectivity index (χ2v) is 3.87. The van der Waals surface area contributed by atoms with Gasteiger partial charge in [-0.3, -0.25) is 0 Å². The Labute approximate surface area is 101 Å². The molecule has 1 saturated heterocycles. The Morgan fingerprint density at radius 2 is 2.00 bits per heavy atom. The molecule has 0 aliphatic carbocycles. The number of anilines is 2. The van der Waals surface area contributed by atoms with Crippen LogP contribution in [0.15, 0.2) is 6.07 Å². The second kappa shape index (κ2) is 5.79. The second-order valence-electron chi connectivity index (χ2n) is 3.87. The fourth-order valence-corrected chi connectivity index (χ4v) is 1.68. The third kappa shape index (κ3) is 3.28. The topological polar surface area (TPSA) is 62.3 Å². The first-order chi connectivity index (χ1) is 8.31. The summed E-state index contributed by atoms with van der Waals surface area (Å²) in [5.74, 6) is 2.52. The van der Waals surface area contributed by atoms with E-state index in [9.17, 15) is 0 Å². The average Bonchev–Trinajstić information content (AvgIpc) is 2.39. The predicted octanol–water partition coefficient (Wildman–Crippen LogP) is 0.740. The molecule has 94 valence electrons. The highest BCUT2D eigenvalue weighted by Gasteiger charge is 2.11. The van der Waals surface area contributed by atoms with Crippen LogP contribution in [0.1, 0.15) is 12.7 Å². The number of aryl methyl sites for hydroxylation is 1. The smallest absolute Gasteiger partial charge is 0.146 e. The molecule has 0 atom stereocenters. The number of rotatable bonds is 4. The van der Waals surface area contributed by atoms with Crippen LogP contribution in [0.2, 0.25) is 0 Å². The molecule has 0 amide bonds. The van der Waals surface area contributed by atoms with Crippen LogP contribution >= 0.6 is 0 Å². The van der Waals surface area contributed by atoms with E-state index in [0.29, 0.717) is 0 Å². The molecule has 1 fully saturated rings. The maximum atomic E-state index is 5.30. The third-order valence-corrected chi connectivity index (χ3v) is 2.63. The predicted molar refractivity (Wildman–Crippen MR) is 67.0 cm³/mol. The quantitative estimate of drug-likeness (QED) is 0.805. The number of hydrazine groups is 1. The van der Waals surface area contributed by atoms with Crippen LogP contribution in [0.3, 0.4) is 0 Å². The monoisotopic (exact) mass is 237 g/mol. The van der Waals surface area contributed by atoms with E-state index < -0.39 is 0 Å². The number of hydrogen-bond acceptors (Lipinski definition) is 6. The first-order valence-corrected chi connectivity index (χ1v) is 5.97. The molecular formula is C11H19N5O. The van der Waals surface area contributed by atoms with Crippen molar-refractivity contribution in [1.82, 2.24) is 15.0 Å². The zero-order valence-electron chi connectivity index (χ0n) is 10.4. The van der Waals surface area contributed by atoms with E-state index in [1.165, 1.54) is 0 Å². The maximum Gasteiger partial charge on any atom is 0.146 e. The number of aromatic nitrogens is 2. The van der Waals surface area contributed by atoms with Gasteiger partial charge in [0.05, 0.1) is 13.2 Å². The van der Waals surface area contributed by atoms with E-state index in [4.69, 9.17) is 4.74 Å². The van der Waals surface area contributed by atoms with Gasteiger partial charge in [0, 0.05) is 32.6 Å². The van der Waals surface area contributed by atoms with Crippen LogP contribution in [-0.4, -0.2) is 48.3 Å². The van der Waals surface area contributed by atoms with Crippen molar-refractivity contribution in [3.63, 3.8) is 0 Å². The van der Waals surface area contributed by atoms with Crippen molar-refractivity contribution in [2.45, 2.75) is 13.3 Å². The molecule has 2 heterocycles. The molecule has 0 radical (unpaired) electrons. The van der Waals surface area contributed by atoms with Crippen molar-refractivity contribution < 1.29 is 4.74 Å². The fraction of sp³-hybridized carbons (Fsp3) is 0.636. The summed E-state index contributed by atoms with van der Waals surface area (Å²) in [6.45, 7) is 5.32. The molecule has 1 aromatic heterocycles. The summed E-state index contributed by atoms with van der Waals surface area (Å²) in [5, 5.41) is 5.16. The molecule has 0 unspecified atom stereocenters. The van der Waals surface area contributed by atoms with Crippen molar-refractivity contribution in [2.75, 3.05) is 44.1 Å². The van der Waals surface area contributed by atoms with Gasteiger partial charge in [0.15, 0.2) is 0 Å². The van der Waals surface area contributed by atoms with Crippen LogP contribution in [0, 0.1) is 0 Å². The van der Waals surface area contributed by atoms with E-state index in [1.807, 2.05) is 20.0 Å². The van der Waals surface area contributed by atoms with E-state index in [-0.39, 0.29) is 0 Å². The summed E-state index contributed by atoms with van der Waals surface area (Å²) in [6, 6.07) is 1.91. The Kier molecular flexibility index (Phi) is 4.11. The maximum absolute atomic E-state index is 5.30. The molecule has 0 spiro atoms. The zero-order chi connectivity index (χ0) is 12.1. The van der Waals surface area contributed by atoms with Gasteiger partial charge in [-0.05, 0) is 0 Å². The van der Waals surface area contributed by atoms with Gasteiger partial charge in [-0.15, -0.1) is 0 Å². The van der Waals surface area contributed by atoms with E-state index in [0.717, 1.165) is 50.2 Å². The summed E-state index contributed by atoms with van der Waals surface area (Å²) in [6.07, 6.45) is 0.827. The van der Waals surface area contributed by atoms with Crippen LogP contribution in [0.4, 0.5) is 11.6 Å². The van der Waals surface area contributed by atoms with Crippen molar-refractivity contribution in [1.29, 1.82) is 0 Å². The Morgan fingerprint density at radius 1 is 1.29 bits per heavy atom. The van der Waals surface area contributed by atoms with Gasteiger partial charge in [0.2, 0.25) is 0 Å². The summed E-state index contributed by atoms with van der Waals surface area (Å²) in [7, 11) is 1.86. The summed E-state index contributed by atoms with van der Waals surface area (Å²) >= 11 is 0. The van der Waals surface area contributed by atoms with Gasteiger partial charge in [0.25, 0.3) is 0 Å². The van der Waals surface area contributed by atoms with Crippen molar-refractivity contribution in [3.05, 3.63) is 11.9 Å². The van der Waals surface area contributed by atoms with Crippen molar-refractivity contribution >= 4 is 11.6 Å². The minimum Gasteiger partial charge on any atom is -0.379 e. The van der Waals surface area contributed by atoms with E-state index in [2.05, 4.69) is 25.7 Å². The summed E-state index contributed by atoms with van der Waals surface area (Å²) in [5.41, 5.74) is 3.29. The Balaban J connectivity index is 2.07. The summed E-state index contributed by atoms with van der Waals surface area (Å²) in [4.78, 5) is 8.81. The molecule has 1 aromatic rings. The molecule has 0 aromatic carbocycles. The normalized spacial score (nSPS) is 16.8. The van der Waals surface area contributed by atoms with Crippen molar-refractivity contribution in [2.24, 2.45) is 0 Å². The molecule has 0 bridgehead atoms. The van der Waals surface area contributed by atoms with Gasteiger partial charge < -0.3 is 15.5 Å². The Hall–Kier alpha value is -1.40. The van der Waals surface area contributed by atoms with Crippen LogP contribution < -0.4 is 10.7 Å². The summed E-state index contributed by atoms with van der Waals surface area (Å²) < 4.78 is 5.30. The minimum absolute atomic E-state index is 0.762. The molecular weight excluding hydrogens is 218 g/mol. The number of nitrogens with zero attached hydrogens (tertiary/aromatic N) is 3. The van der Waals surface area contributed by atoms with Gasteiger partial charge in [-0.1, -0.05) is 6.92 Å². The minimum atomic E-state index is 0.762. The molecule has 6 nitrogen and oxygen atoms in total. The van der Waals surface area contributed by atoms with Gasteiger partial charge in [0.1, 0.15) is 17.5 Å². The fourth-order valence-electron chi connectivity index (χ4n) is 1.68. The van der Waals surface area contributed by atoms with Gasteiger partial charge in [-0.2, -0.15) is 0 Å². The highest BCUT2D eigenvalue weighted by atomic mass is 16.5. The lowest BCUT2D eigenvalue weighted by molar-refractivity contribution is 0.0495. The third-order valence-electron chi connectivity index (χ3n) is 2.63. The molecule has 17 heavy (non-hydrogen) atoms. The first-order valence-electron chi connectivity index (χ1n) is 5.97. The zero-order valence-corrected chi connectivity index (χ0v) is 10.4. The Bertz CT molecular complexity index is 343. The van der Waals surface area contributed by atoms with Crippen LogP contribution in [0.25, 0.3) is 0 Å². The van der Waals surface area contributed by atoms with E-state index in [1.54, 1.807) is 0 Å². The van der Waals surface area contributed by atoms with E-state index >= 15 is 0 Å². The largest absolute Gasteiger partial charge is 0.379 e. The van der Waals surface area contributed by atoms with Gasteiger partial charge in [-0.25, -0.2) is 15.0 Å². The highest BCUT2D eigenvalue weighted by molar-refractivity contribution is 5.46. The molecule has 1 aliphatic rings. The number of ether oxygens (including phenoxy) is 1. The standard InChI is InChI=1S/C11H19N5O/c1-3-9-13-10(12-2)8-11(14-9)15-16-4-6-17-7-5-16/h8H,3-7H2,1-2H3,(H2,12,13,14,15). The average molecular weight is 237 g/mol. The number of nitrogens with one attached hydrogen (secondary N) is 2. The lowest BCUT2D eigenvalue weighted by atomic mass is 10.4. The number of morpholine rings is 1. The van der Waals surface area contributed by atoms with Gasteiger partial charge >= 0.3 is 0 Å². The molecule has 2 rings (SSSR count). The lowest BCUT2D eigenvalue weighted by Crippen LogP contribution is -2.40. The highest BCUT2D eigenvalue weighted by Crippen LogP contribution is 2.12. The molecule has 0 saturated carbocycles. The Morgan fingerprint density at radius 3 is 2.65 bits per heavy atom. The molecule has 2 N–H and O–H groups in total. The van der Waals surface area contributed by atoms with Crippen LogP contribution in [-0.2, 0) is 11.2 Å². The van der Waals surface area contributed by atoms with Crippen LogP contribution in [0.5, 0.6) is 0 Å². The molecule has 1 aliphatic heterocycles. The SMILES string of the molecule is CCc1nc(NC)cc(NN2CCOCC2)n1. The number of hydrogen-bond donors (Lipinski definition) is 2. The molecule has 6 heteroatoms.